The van der Waals surface area contributed by atoms with E-state index >= 15 is 0 Å². The molecule has 0 aromatic carbocycles. The molecule has 0 saturated carbocycles. The number of aromatic nitrogens is 2. The van der Waals surface area contributed by atoms with Gasteiger partial charge in [-0.1, -0.05) is 0 Å². The van der Waals surface area contributed by atoms with Crippen LogP contribution in [0.3, 0.4) is 0 Å². The van der Waals surface area contributed by atoms with Crippen molar-refractivity contribution in [1.29, 1.82) is 0 Å². The van der Waals surface area contributed by atoms with Gasteiger partial charge < -0.3 is 4.57 Å². The SMILES string of the molecule is Fc1cc(I)c(Cn2cccc2)cn1. The van der Waals surface area contributed by atoms with E-state index in [2.05, 4.69) is 27.6 Å². The van der Waals surface area contributed by atoms with Crippen LogP contribution in [0.2, 0.25) is 0 Å². The first kappa shape index (κ1) is 9.64. The van der Waals surface area contributed by atoms with Gasteiger partial charge in [-0.05, 0) is 34.7 Å². The maximum absolute atomic E-state index is 12.7. The van der Waals surface area contributed by atoms with E-state index in [1.807, 2.05) is 29.1 Å². The molecule has 0 bridgehead atoms. The second-order valence-corrected chi connectivity index (χ2v) is 4.12. The molecule has 2 heterocycles. The van der Waals surface area contributed by atoms with Gasteiger partial charge in [-0.25, -0.2) is 4.98 Å². The van der Waals surface area contributed by atoms with Gasteiger partial charge in [0.05, 0.1) is 0 Å². The molecule has 0 saturated heterocycles. The molecule has 0 atom stereocenters. The van der Waals surface area contributed by atoms with Crippen molar-refractivity contribution in [3.05, 3.63) is 51.9 Å². The van der Waals surface area contributed by atoms with Crippen LogP contribution < -0.4 is 0 Å². The molecule has 0 radical (unpaired) electrons. The molecule has 2 aromatic rings. The highest BCUT2D eigenvalue weighted by molar-refractivity contribution is 14.1. The lowest BCUT2D eigenvalue weighted by molar-refractivity contribution is 0.580. The van der Waals surface area contributed by atoms with Crippen LogP contribution >= 0.6 is 22.6 Å². The fraction of sp³-hybridized carbons (Fsp3) is 0.100. The van der Waals surface area contributed by atoms with E-state index in [0.717, 1.165) is 15.7 Å². The smallest absolute Gasteiger partial charge is 0.213 e. The van der Waals surface area contributed by atoms with Crippen molar-refractivity contribution in [3.8, 4) is 0 Å². The molecule has 0 aliphatic carbocycles. The average Bonchev–Trinajstić information content (AvgIpc) is 2.62. The van der Waals surface area contributed by atoms with Gasteiger partial charge in [-0.2, -0.15) is 4.39 Å². The Labute approximate surface area is 94.9 Å². The summed E-state index contributed by atoms with van der Waals surface area (Å²) < 4.78 is 15.6. The van der Waals surface area contributed by atoms with Crippen molar-refractivity contribution in [2.75, 3.05) is 0 Å². The summed E-state index contributed by atoms with van der Waals surface area (Å²) in [6, 6.07) is 5.37. The van der Waals surface area contributed by atoms with Crippen LogP contribution in [0.4, 0.5) is 4.39 Å². The Morgan fingerprint density at radius 2 is 2.07 bits per heavy atom. The summed E-state index contributed by atoms with van der Waals surface area (Å²) in [5.74, 6) is -0.425. The van der Waals surface area contributed by atoms with Gasteiger partial charge >= 0.3 is 0 Å². The van der Waals surface area contributed by atoms with Crippen LogP contribution in [0.15, 0.2) is 36.8 Å². The van der Waals surface area contributed by atoms with Gasteiger partial charge in [0.25, 0.3) is 0 Å². The molecule has 0 aliphatic rings. The van der Waals surface area contributed by atoms with Gasteiger partial charge in [-0.3, -0.25) is 0 Å². The van der Waals surface area contributed by atoms with Gasteiger partial charge in [0, 0.05) is 40.3 Å². The zero-order chi connectivity index (χ0) is 9.97. The Kier molecular flexibility index (Phi) is 2.81. The minimum absolute atomic E-state index is 0.425. The molecule has 0 amide bonds. The Morgan fingerprint density at radius 1 is 1.36 bits per heavy atom. The highest BCUT2D eigenvalue weighted by atomic mass is 127. The predicted molar refractivity (Wildman–Crippen MR) is 60.4 cm³/mol. The fourth-order valence-electron chi connectivity index (χ4n) is 1.22. The number of hydrogen-bond acceptors (Lipinski definition) is 1. The molecule has 0 fully saturated rings. The largest absolute Gasteiger partial charge is 0.350 e. The second-order valence-electron chi connectivity index (χ2n) is 2.95. The third-order valence-electron chi connectivity index (χ3n) is 1.92. The normalized spacial score (nSPS) is 10.4. The summed E-state index contributed by atoms with van der Waals surface area (Å²) in [7, 11) is 0. The minimum Gasteiger partial charge on any atom is -0.350 e. The molecular formula is C10H8FIN2. The summed E-state index contributed by atoms with van der Waals surface area (Å²) in [6.45, 7) is 0.735. The summed E-state index contributed by atoms with van der Waals surface area (Å²) >= 11 is 2.12. The number of pyridine rings is 1. The Hall–Kier alpha value is -0.910. The van der Waals surface area contributed by atoms with E-state index in [1.165, 1.54) is 6.07 Å². The van der Waals surface area contributed by atoms with Crippen molar-refractivity contribution in [2.45, 2.75) is 6.54 Å². The van der Waals surface area contributed by atoms with Crippen molar-refractivity contribution in [2.24, 2.45) is 0 Å². The van der Waals surface area contributed by atoms with Crippen LogP contribution in [-0.4, -0.2) is 9.55 Å². The molecule has 2 rings (SSSR count). The quantitative estimate of drug-likeness (QED) is 0.616. The highest BCUT2D eigenvalue weighted by Gasteiger charge is 2.02. The van der Waals surface area contributed by atoms with E-state index in [0.29, 0.717) is 0 Å². The molecular weight excluding hydrogens is 294 g/mol. The first-order chi connectivity index (χ1) is 6.75. The molecule has 14 heavy (non-hydrogen) atoms. The number of hydrogen-bond donors (Lipinski definition) is 0. The van der Waals surface area contributed by atoms with E-state index in [-0.39, 0.29) is 0 Å². The van der Waals surface area contributed by atoms with Gasteiger partial charge in [0.15, 0.2) is 0 Å². The maximum Gasteiger partial charge on any atom is 0.213 e. The molecule has 0 spiro atoms. The molecule has 2 aromatic heterocycles. The summed E-state index contributed by atoms with van der Waals surface area (Å²) in [6.07, 6.45) is 5.52. The molecule has 0 N–H and O–H groups in total. The van der Waals surface area contributed by atoms with Crippen molar-refractivity contribution < 1.29 is 4.39 Å². The lowest BCUT2D eigenvalue weighted by Crippen LogP contribution is -2.00. The summed E-state index contributed by atoms with van der Waals surface area (Å²) in [4.78, 5) is 3.64. The topological polar surface area (TPSA) is 17.8 Å². The number of rotatable bonds is 2. The molecule has 4 heteroatoms. The molecule has 0 aliphatic heterocycles. The highest BCUT2D eigenvalue weighted by Crippen LogP contribution is 2.13. The van der Waals surface area contributed by atoms with Crippen LogP contribution in [0, 0.1) is 9.52 Å². The third kappa shape index (κ3) is 2.12. The average molecular weight is 302 g/mol. The van der Waals surface area contributed by atoms with Gasteiger partial charge in [0.2, 0.25) is 5.95 Å². The monoisotopic (exact) mass is 302 g/mol. The van der Waals surface area contributed by atoms with Gasteiger partial charge in [0.1, 0.15) is 0 Å². The van der Waals surface area contributed by atoms with E-state index in [9.17, 15) is 4.39 Å². The van der Waals surface area contributed by atoms with Gasteiger partial charge in [-0.15, -0.1) is 0 Å². The maximum atomic E-state index is 12.7. The fourth-order valence-corrected chi connectivity index (χ4v) is 1.79. The van der Waals surface area contributed by atoms with E-state index in [4.69, 9.17) is 0 Å². The third-order valence-corrected chi connectivity index (χ3v) is 2.92. The summed E-state index contributed by atoms with van der Waals surface area (Å²) in [5, 5.41) is 0. The predicted octanol–water partition coefficient (Wildman–Crippen LogP) is 2.68. The van der Waals surface area contributed by atoms with Crippen LogP contribution in [-0.2, 0) is 6.54 Å². The first-order valence-electron chi connectivity index (χ1n) is 4.16. The Balaban J connectivity index is 2.25. The summed E-state index contributed by atoms with van der Waals surface area (Å²) in [5.41, 5.74) is 1.03. The minimum atomic E-state index is -0.425. The standard InChI is InChI=1S/C10H8FIN2/c11-10-5-9(12)8(6-13-10)7-14-3-1-2-4-14/h1-6H,7H2. The number of halogens is 2. The first-order valence-corrected chi connectivity index (χ1v) is 5.24. The van der Waals surface area contributed by atoms with E-state index in [1.54, 1.807) is 6.20 Å². The zero-order valence-corrected chi connectivity index (χ0v) is 9.48. The molecule has 0 unspecified atom stereocenters. The molecule has 72 valence electrons. The lowest BCUT2D eigenvalue weighted by atomic mass is 10.3. The van der Waals surface area contributed by atoms with E-state index < -0.39 is 5.95 Å². The van der Waals surface area contributed by atoms with Crippen molar-refractivity contribution in [3.63, 3.8) is 0 Å². The Morgan fingerprint density at radius 3 is 2.71 bits per heavy atom. The number of nitrogens with zero attached hydrogens (tertiary/aromatic N) is 2. The molecule has 2 nitrogen and oxygen atoms in total. The van der Waals surface area contributed by atoms with Crippen molar-refractivity contribution >= 4 is 22.6 Å². The second kappa shape index (κ2) is 4.08. The van der Waals surface area contributed by atoms with Crippen LogP contribution in [0.5, 0.6) is 0 Å². The zero-order valence-electron chi connectivity index (χ0n) is 7.32. The van der Waals surface area contributed by atoms with Crippen LogP contribution in [0.1, 0.15) is 5.56 Å². The van der Waals surface area contributed by atoms with Crippen molar-refractivity contribution in [1.82, 2.24) is 9.55 Å². The van der Waals surface area contributed by atoms with Crippen LogP contribution in [0.25, 0.3) is 0 Å². The Bertz CT molecular complexity index is 426. The lowest BCUT2D eigenvalue weighted by Gasteiger charge is -2.04.